The number of ether oxygens (including phenoxy) is 1. The van der Waals surface area contributed by atoms with Crippen molar-refractivity contribution in [3.05, 3.63) is 0 Å². The molecule has 15 heavy (non-hydrogen) atoms. The molecule has 1 atom stereocenters. The third-order valence-electron chi connectivity index (χ3n) is 2.01. The lowest BCUT2D eigenvalue weighted by Gasteiger charge is -2.21. The molecule has 0 fully saturated rings. The minimum Gasteiger partial charge on any atom is -0.444 e. The Hall–Kier alpha value is -1.17. The number of carbonyl (C=O) groups is 1. The molecular formula is C12H19NO2. The van der Waals surface area contributed by atoms with E-state index in [-0.39, 0.29) is 12.1 Å². The van der Waals surface area contributed by atoms with Crippen LogP contribution >= 0.6 is 0 Å². The molecule has 0 heterocycles. The van der Waals surface area contributed by atoms with Crippen LogP contribution in [0.2, 0.25) is 0 Å². The van der Waals surface area contributed by atoms with Gasteiger partial charge in [0.2, 0.25) is 0 Å². The van der Waals surface area contributed by atoms with Gasteiger partial charge in [0.15, 0.2) is 0 Å². The molecule has 0 bridgehead atoms. The molecule has 0 aromatic carbocycles. The lowest BCUT2D eigenvalue weighted by atomic mass is 10.1. The number of alkyl carbamates (subject to hydrolysis) is 1. The topological polar surface area (TPSA) is 38.3 Å². The Kier molecular flexibility index (Phi) is 4.02. The Morgan fingerprint density at radius 2 is 2.13 bits per heavy atom. The average Bonchev–Trinajstić information content (AvgIpc) is 2.28. The summed E-state index contributed by atoms with van der Waals surface area (Å²) in [5.74, 6) is 6.08. The van der Waals surface area contributed by atoms with Gasteiger partial charge in [-0.05, 0) is 40.0 Å². The molecule has 1 N–H and O–H groups in total. The molecule has 3 nitrogen and oxygen atoms in total. The van der Waals surface area contributed by atoms with E-state index in [0.717, 1.165) is 25.7 Å². The van der Waals surface area contributed by atoms with E-state index in [2.05, 4.69) is 17.2 Å². The van der Waals surface area contributed by atoms with Crippen molar-refractivity contribution < 1.29 is 9.53 Å². The molecule has 1 rings (SSSR count). The second-order valence-electron chi connectivity index (χ2n) is 4.77. The zero-order chi connectivity index (χ0) is 11.3. The molecule has 0 radical (unpaired) electrons. The zero-order valence-corrected chi connectivity index (χ0v) is 9.72. The highest BCUT2D eigenvalue weighted by molar-refractivity contribution is 5.68. The standard InChI is InChI=1S/C12H19NO2/c1-12(2,3)15-11(14)13-10-8-6-4-5-7-9-10/h10H,4-6,8H2,1-3H3,(H,13,14)/t10-/m0/s1. The maximum absolute atomic E-state index is 11.4. The Labute approximate surface area is 91.6 Å². The van der Waals surface area contributed by atoms with Gasteiger partial charge in [0.1, 0.15) is 5.60 Å². The third kappa shape index (κ3) is 5.31. The number of hydrogen-bond donors (Lipinski definition) is 1. The number of nitrogens with one attached hydrogen (secondary N) is 1. The van der Waals surface area contributed by atoms with Crippen molar-refractivity contribution in [2.24, 2.45) is 0 Å². The second kappa shape index (κ2) is 5.06. The molecular weight excluding hydrogens is 190 g/mol. The van der Waals surface area contributed by atoms with E-state index in [0.29, 0.717) is 0 Å². The van der Waals surface area contributed by atoms with Crippen LogP contribution in [0.4, 0.5) is 4.79 Å². The molecule has 0 saturated heterocycles. The van der Waals surface area contributed by atoms with Crippen molar-refractivity contribution >= 4 is 6.09 Å². The van der Waals surface area contributed by atoms with Crippen LogP contribution in [-0.4, -0.2) is 17.7 Å². The van der Waals surface area contributed by atoms with E-state index in [9.17, 15) is 4.79 Å². The second-order valence-corrected chi connectivity index (χ2v) is 4.77. The van der Waals surface area contributed by atoms with Crippen LogP contribution in [0.5, 0.6) is 0 Å². The van der Waals surface area contributed by atoms with Gasteiger partial charge in [-0.25, -0.2) is 4.79 Å². The third-order valence-corrected chi connectivity index (χ3v) is 2.01. The Morgan fingerprint density at radius 1 is 1.40 bits per heavy atom. The smallest absolute Gasteiger partial charge is 0.408 e. The lowest BCUT2D eigenvalue weighted by molar-refractivity contribution is 0.0514. The molecule has 0 unspecified atom stereocenters. The first-order chi connectivity index (χ1) is 6.97. The van der Waals surface area contributed by atoms with E-state index in [1.807, 2.05) is 20.8 Å². The summed E-state index contributed by atoms with van der Waals surface area (Å²) in [5.41, 5.74) is -0.442. The molecule has 1 aliphatic rings. The van der Waals surface area contributed by atoms with Crippen LogP contribution in [0.25, 0.3) is 0 Å². The van der Waals surface area contributed by atoms with Gasteiger partial charge in [0.25, 0.3) is 0 Å². The summed E-state index contributed by atoms with van der Waals surface area (Å²) in [4.78, 5) is 11.4. The highest BCUT2D eigenvalue weighted by Crippen LogP contribution is 2.09. The number of carbonyl (C=O) groups excluding carboxylic acids is 1. The summed E-state index contributed by atoms with van der Waals surface area (Å²) in [6.07, 6.45) is 3.71. The largest absolute Gasteiger partial charge is 0.444 e. The first-order valence-corrected chi connectivity index (χ1v) is 5.45. The number of hydrogen-bond acceptors (Lipinski definition) is 2. The van der Waals surface area contributed by atoms with E-state index >= 15 is 0 Å². The van der Waals surface area contributed by atoms with E-state index < -0.39 is 5.60 Å². The van der Waals surface area contributed by atoms with Crippen molar-refractivity contribution in [3.8, 4) is 11.8 Å². The summed E-state index contributed by atoms with van der Waals surface area (Å²) in [7, 11) is 0. The van der Waals surface area contributed by atoms with Gasteiger partial charge >= 0.3 is 6.09 Å². The van der Waals surface area contributed by atoms with Crippen molar-refractivity contribution in [1.82, 2.24) is 5.32 Å². The normalized spacial score (nSPS) is 20.9. The zero-order valence-electron chi connectivity index (χ0n) is 9.72. The first-order valence-electron chi connectivity index (χ1n) is 5.45. The van der Waals surface area contributed by atoms with Crippen molar-refractivity contribution in [1.29, 1.82) is 0 Å². The molecule has 0 aromatic heterocycles. The fraction of sp³-hybridized carbons (Fsp3) is 0.750. The molecule has 0 aromatic rings. The van der Waals surface area contributed by atoms with Gasteiger partial charge < -0.3 is 10.1 Å². The van der Waals surface area contributed by atoms with Gasteiger partial charge in [-0.1, -0.05) is 5.92 Å². The van der Waals surface area contributed by atoms with Crippen LogP contribution in [0.1, 0.15) is 46.5 Å². The van der Waals surface area contributed by atoms with Gasteiger partial charge in [-0.3, -0.25) is 0 Å². The van der Waals surface area contributed by atoms with Gasteiger partial charge in [0, 0.05) is 6.42 Å². The van der Waals surface area contributed by atoms with Gasteiger partial charge in [0.05, 0.1) is 6.04 Å². The van der Waals surface area contributed by atoms with E-state index in [1.165, 1.54) is 0 Å². The predicted octanol–water partition coefficient (Wildman–Crippen LogP) is 2.46. The van der Waals surface area contributed by atoms with E-state index in [1.54, 1.807) is 0 Å². The van der Waals surface area contributed by atoms with Crippen molar-refractivity contribution in [2.45, 2.75) is 58.1 Å². The number of amides is 1. The lowest BCUT2D eigenvalue weighted by Crippen LogP contribution is -2.38. The average molecular weight is 209 g/mol. The fourth-order valence-corrected chi connectivity index (χ4v) is 1.39. The van der Waals surface area contributed by atoms with Crippen molar-refractivity contribution in [3.63, 3.8) is 0 Å². The minimum absolute atomic E-state index is 0.0395. The SMILES string of the molecule is CC(C)(C)OC(=O)N[C@@H]1C#CCCCC1. The molecule has 1 amide bonds. The minimum atomic E-state index is -0.442. The van der Waals surface area contributed by atoms with Gasteiger partial charge in [-0.2, -0.15) is 0 Å². The molecule has 0 saturated carbocycles. The molecule has 0 aliphatic heterocycles. The Morgan fingerprint density at radius 3 is 2.80 bits per heavy atom. The van der Waals surface area contributed by atoms with Gasteiger partial charge in [-0.15, -0.1) is 5.92 Å². The van der Waals surface area contributed by atoms with Crippen LogP contribution < -0.4 is 5.32 Å². The molecule has 0 spiro atoms. The fourth-order valence-electron chi connectivity index (χ4n) is 1.39. The van der Waals surface area contributed by atoms with Crippen LogP contribution in [0.3, 0.4) is 0 Å². The monoisotopic (exact) mass is 209 g/mol. The summed E-state index contributed by atoms with van der Waals surface area (Å²) < 4.78 is 5.16. The quantitative estimate of drug-likeness (QED) is 0.674. The first kappa shape index (κ1) is 11.9. The van der Waals surface area contributed by atoms with E-state index in [4.69, 9.17) is 4.74 Å². The van der Waals surface area contributed by atoms with Crippen LogP contribution in [0.15, 0.2) is 0 Å². The highest BCUT2D eigenvalue weighted by Gasteiger charge is 2.18. The Bertz CT molecular complexity index is 280. The maximum atomic E-state index is 11.4. The number of rotatable bonds is 1. The van der Waals surface area contributed by atoms with Crippen LogP contribution in [0, 0.1) is 11.8 Å². The molecule has 1 aliphatic carbocycles. The molecule has 3 heteroatoms. The summed E-state index contributed by atoms with van der Waals surface area (Å²) in [6, 6.07) is -0.0395. The Balaban J connectivity index is 2.39. The predicted molar refractivity (Wildman–Crippen MR) is 59.4 cm³/mol. The summed E-state index contributed by atoms with van der Waals surface area (Å²) in [6.45, 7) is 5.56. The summed E-state index contributed by atoms with van der Waals surface area (Å²) >= 11 is 0. The van der Waals surface area contributed by atoms with Crippen LogP contribution in [-0.2, 0) is 4.74 Å². The maximum Gasteiger partial charge on any atom is 0.408 e. The van der Waals surface area contributed by atoms with Crippen molar-refractivity contribution in [2.75, 3.05) is 0 Å². The molecule has 84 valence electrons. The highest BCUT2D eigenvalue weighted by atomic mass is 16.6. The summed E-state index contributed by atoms with van der Waals surface area (Å²) in [5, 5.41) is 2.78.